The number of hydrogen-bond acceptors (Lipinski definition) is 3. The van der Waals surface area contributed by atoms with Gasteiger partial charge in [0.05, 0.1) is 4.92 Å². The van der Waals surface area contributed by atoms with Gasteiger partial charge in [-0.3, -0.25) is 14.9 Å². The van der Waals surface area contributed by atoms with E-state index in [1.165, 1.54) is 24.3 Å². The van der Waals surface area contributed by atoms with E-state index < -0.39 is 14.5 Å². The number of non-ortho nitro benzene ring substituents is 1. The second-order valence-electron chi connectivity index (χ2n) is 3.04. The molecule has 0 spiro atoms. The van der Waals surface area contributed by atoms with Crippen LogP contribution in [0.5, 0.6) is 0 Å². The highest BCUT2D eigenvalue weighted by Gasteiger charge is 2.15. The Bertz CT molecular complexity index is 463. The molecule has 7 heteroatoms. The molecule has 0 aliphatic rings. The van der Waals surface area contributed by atoms with E-state index in [4.69, 9.17) is 34.8 Å². The summed E-state index contributed by atoms with van der Waals surface area (Å²) < 4.78 is -1.64. The number of nitrogens with zero attached hydrogens (tertiary/aromatic N) is 1. The predicted molar refractivity (Wildman–Crippen MR) is 66.9 cm³/mol. The third-order valence-electron chi connectivity index (χ3n) is 1.79. The highest BCUT2D eigenvalue weighted by Crippen LogP contribution is 2.27. The average molecular weight is 295 g/mol. The number of carbonyl (C=O) groups excluding carboxylic acids is 1. The van der Waals surface area contributed by atoms with E-state index in [0.29, 0.717) is 0 Å². The molecule has 1 aromatic rings. The van der Waals surface area contributed by atoms with Crippen LogP contribution >= 0.6 is 34.8 Å². The minimum atomic E-state index is -1.64. The molecule has 0 aromatic heterocycles. The summed E-state index contributed by atoms with van der Waals surface area (Å²) in [5.74, 6) is -0.397. The first-order valence-corrected chi connectivity index (χ1v) is 5.48. The summed E-state index contributed by atoms with van der Waals surface area (Å²) in [5.41, 5.74) is 0.188. The van der Waals surface area contributed by atoms with E-state index >= 15 is 0 Å². The molecule has 0 unspecified atom stereocenters. The number of allylic oxidation sites excluding steroid dienone is 2. The van der Waals surface area contributed by atoms with Crippen LogP contribution in [0, 0.1) is 10.1 Å². The zero-order valence-electron chi connectivity index (χ0n) is 8.27. The molecule has 0 saturated carbocycles. The maximum atomic E-state index is 11.5. The van der Waals surface area contributed by atoms with Crippen LogP contribution in [0.4, 0.5) is 5.69 Å². The van der Waals surface area contributed by atoms with Gasteiger partial charge in [-0.25, -0.2) is 0 Å². The first kappa shape index (κ1) is 14.0. The fraction of sp³-hybridized carbons (Fsp3) is 0.100. The lowest BCUT2D eigenvalue weighted by molar-refractivity contribution is -0.384. The molecule has 0 aliphatic carbocycles. The Kier molecular flexibility index (Phi) is 4.51. The summed E-state index contributed by atoms with van der Waals surface area (Å²) >= 11 is 16.3. The zero-order chi connectivity index (χ0) is 13.1. The number of halogens is 3. The van der Waals surface area contributed by atoms with E-state index in [1.54, 1.807) is 0 Å². The number of rotatable bonds is 3. The topological polar surface area (TPSA) is 60.2 Å². The van der Waals surface area contributed by atoms with Gasteiger partial charge in [-0.05, 0) is 24.3 Å². The summed E-state index contributed by atoms with van der Waals surface area (Å²) in [4.78, 5) is 21.4. The molecular formula is C10H6Cl3NO3. The molecule has 0 aliphatic heterocycles. The molecule has 0 fully saturated rings. The van der Waals surface area contributed by atoms with Crippen molar-refractivity contribution in [2.45, 2.75) is 3.79 Å². The Morgan fingerprint density at radius 1 is 1.24 bits per heavy atom. The van der Waals surface area contributed by atoms with Gasteiger partial charge in [0.2, 0.25) is 3.79 Å². The smallest absolute Gasteiger partial charge is 0.269 e. The number of benzene rings is 1. The second kappa shape index (κ2) is 5.49. The van der Waals surface area contributed by atoms with Crippen molar-refractivity contribution in [2.24, 2.45) is 0 Å². The third-order valence-corrected chi connectivity index (χ3v) is 2.16. The van der Waals surface area contributed by atoms with Gasteiger partial charge >= 0.3 is 0 Å². The molecule has 0 atom stereocenters. The highest BCUT2D eigenvalue weighted by molar-refractivity contribution is 6.69. The Hall–Kier alpha value is -1.10. The molecule has 0 bridgehead atoms. The molecular weight excluding hydrogens is 288 g/mol. The Morgan fingerprint density at radius 2 is 1.76 bits per heavy atom. The summed E-state index contributed by atoms with van der Waals surface area (Å²) in [6, 6.07) is 5.14. The Balaban J connectivity index is 2.84. The molecule has 17 heavy (non-hydrogen) atoms. The van der Waals surface area contributed by atoms with Gasteiger partial charge in [0.15, 0.2) is 5.78 Å². The van der Waals surface area contributed by atoms with Crippen LogP contribution in [-0.2, 0) is 0 Å². The Morgan fingerprint density at radius 3 is 2.18 bits per heavy atom. The number of hydrogen-bond donors (Lipinski definition) is 0. The van der Waals surface area contributed by atoms with E-state index in [9.17, 15) is 14.9 Å². The standard InChI is InChI=1S/C10H6Cl3NO3/c11-10(12,13)6-5-9(15)7-1-3-8(4-2-7)14(16)17/h1-6H. The quantitative estimate of drug-likeness (QED) is 0.281. The third kappa shape index (κ3) is 4.73. The molecule has 1 rings (SSSR count). The number of nitro benzene ring substituents is 1. The zero-order valence-corrected chi connectivity index (χ0v) is 10.5. The fourth-order valence-electron chi connectivity index (χ4n) is 1.01. The van der Waals surface area contributed by atoms with Gasteiger partial charge in [0.25, 0.3) is 5.69 Å². The first-order chi connectivity index (χ1) is 7.79. The van der Waals surface area contributed by atoms with E-state index in [0.717, 1.165) is 12.2 Å². The lowest BCUT2D eigenvalue weighted by Gasteiger charge is -2.01. The lowest BCUT2D eigenvalue weighted by atomic mass is 10.1. The molecule has 1 aromatic carbocycles. The Labute approximate surface area is 112 Å². The monoisotopic (exact) mass is 293 g/mol. The normalized spacial score (nSPS) is 11.7. The summed E-state index contributed by atoms with van der Waals surface area (Å²) in [7, 11) is 0. The number of ketones is 1. The van der Waals surface area contributed by atoms with Crippen LogP contribution in [0.2, 0.25) is 0 Å². The van der Waals surface area contributed by atoms with Crippen molar-refractivity contribution in [1.82, 2.24) is 0 Å². The SMILES string of the molecule is O=C(C=CC(Cl)(Cl)Cl)c1ccc([N+](=O)[O-])cc1. The molecule has 4 nitrogen and oxygen atoms in total. The van der Waals surface area contributed by atoms with E-state index in [1.807, 2.05) is 0 Å². The average Bonchev–Trinajstić information content (AvgIpc) is 2.25. The van der Waals surface area contributed by atoms with Crippen LogP contribution < -0.4 is 0 Å². The van der Waals surface area contributed by atoms with Gasteiger partial charge in [-0.1, -0.05) is 34.8 Å². The van der Waals surface area contributed by atoms with E-state index in [2.05, 4.69) is 0 Å². The van der Waals surface area contributed by atoms with Gasteiger partial charge in [0, 0.05) is 17.7 Å². The molecule has 90 valence electrons. The maximum Gasteiger partial charge on any atom is 0.269 e. The van der Waals surface area contributed by atoms with Gasteiger partial charge < -0.3 is 0 Å². The predicted octanol–water partition coefficient (Wildman–Crippen LogP) is 3.70. The molecule has 0 saturated heterocycles. The first-order valence-electron chi connectivity index (χ1n) is 4.34. The van der Waals surface area contributed by atoms with Crippen LogP contribution in [0.3, 0.4) is 0 Å². The minimum Gasteiger partial charge on any atom is -0.289 e. The second-order valence-corrected chi connectivity index (χ2v) is 5.41. The number of carbonyl (C=O) groups is 1. The van der Waals surface area contributed by atoms with Crippen LogP contribution in [0.15, 0.2) is 36.4 Å². The lowest BCUT2D eigenvalue weighted by Crippen LogP contribution is -2.00. The minimum absolute atomic E-state index is 0.0908. The van der Waals surface area contributed by atoms with Crippen LogP contribution in [-0.4, -0.2) is 14.5 Å². The number of nitro groups is 1. The van der Waals surface area contributed by atoms with Crippen molar-refractivity contribution in [3.63, 3.8) is 0 Å². The molecule has 0 amide bonds. The largest absolute Gasteiger partial charge is 0.289 e. The number of alkyl halides is 3. The highest BCUT2D eigenvalue weighted by atomic mass is 35.6. The molecule has 0 radical (unpaired) electrons. The van der Waals surface area contributed by atoms with Crippen molar-refractivity contribution < 1.29 is 9.72 Å². The summed E-state index contributed by atoms with van der Waals surface area (Å²) in [6.45, 7) is 0. The van der Waals surface area contributed by atoms with Crippen LogP contribution in [0.1, 0.15) is 10.4 Å². The van der Waals surface area contributed by atoms with Gasteiger partial charge in [0.1, 0.15) is 0 Å². The van der Waals surface area contributed by atoms with Crippen molar-refractivity contribution in [2.75, 3.05) is 0 Å². The summed E-state index contributed by atoms with van der Waals surface area (Å²) in [6.07, 6.45) is 2.22. The van der Waals surface area contributed by atoms with Crippen molar-refractivity contribution >= 4 is 46.3 Å². The van der Waals surface area contributed by atoms with Gasteiger partial charge in [-0.15, -0.1) is 0 Å². The van der Waals surface area contributed by atoms with Crippen molar-refractivity contribution in [3.8, 4) is 0 Å². The fourth-order valence-corrected chi connectivity index (χ4v) is 1.20. The van der Waals surface area contributed by atoms with Crippen molar-refractivity contribution in [3.05, 3.63) is 52.1 Å². The van der Waals surface area contributed by atoms with Crippen molar-refractivity contribution in [1.29, 1.82) is 0 Å². The molecule has 0 heterocycles. The van der Waals surface area contributed by atoms with Crippen LogP contribution in [0.25, 0.3) is 0 Å². The van der Waals surface area contributed by atoms with E-state index in [-0.39, 0.29) is 11.3 Å². The summed E-state index contributed by atoms with van der Waals surface area (Å²) in [5, 5.41) is 10.4. The molecule has 0 N–H and O–H groups in total. The van der Waals surface area contributed by atoms with Gasteiger partial charge in [-0.2, -0.15) is 0 Å². The maximum absolute atomic E-state index is 11.5.